The van der Waals surface area contributed by atoms with Crippen LogP contribution in [0.25, 0.3) is 0 Å². The highest BCUT2D eigenvalue weighted by Gasteiger charge is 2.11. The topological polar surface area (TPSA) is 41.1 Å². The molecule has 1 atom stereocenters. The van der Waals surface area contributed by atoms with Crippen molar-refractivity contribution in [3.05, 3.63) is 59.4 Å². The molecule has 0 bridgehead atoms. The zero-order chi connectivity index (χ0) is 15.4. The maximum atomic E-state index is 13.9. The average molecular weight is 286 g/mol. The Morgan fingerprint density at radius 2 is 1.90 bits per heavy atom. The maximum absolute atomic E-state index is 13.9. The van der Waals surface area contributed by atoms with E-state index in [1.165, 1.54) is 13.0 Å². The van der Waals surface area contributed by atoms with Crippen molar-refractivity contribution in [3.63, 3.8) is 0 Å². The second-order valence-electron chi connectivity index (χ2n) is 5.10. The van der Waals surface area contributed by atoms with Gasteiger partial charge >= 0.3 is 0 Å². The molecule has 0 aliphatic heterocycles. The van der Waals surface area contributed by atoms with Crippen LogP contribution in [0.1, 0.15) is 31.0 Å². The number of halogens is 1. The zero-order valence-electron chi connectivity index (χ0n) is 12.4. The summed E-state index contributed by atoms with van der Waals surface area (Å²) >= 11 is 0. The van der Waals surface area contributed by atoms with Gasteiger partial charge in [0, 0.05) is 18.7 Å². The van der Waals surface area contributed by atoms with Crippen LogP contribution in [-0.4, -0.2) is 5.91 Å². The summed E-state index contributed by atoms with van der Waals surface area (Å²) < 4.78 is 13.9. The first-order valence-corrected chi connectivity index (χ1v) is 6.86. The number of rotatable bonds is 4. The Kier molecular flexibility index (Phi) is 4.58. The van der Waals surface area contributed by atoms with Gasteiger partial charge in [0.05, 0.1) is 5.69 Å². The number of hydrogen-bond acceptors (Lipinski definition) is 2. The Hall–Kier alpha value is -2.36. The minimum Gasteiger partial charge on any atom is -0.376 e. The van der Waals surface area contributed by atoms with Gasteiger partial charge in [0.15, 0.2) is 0 Å². The van der Waals surface area contributed by atoms with Crippen LogP contribution in [-0.2, 0) is 4.79 Å². The van der Waals surface area contributed by atoms with E-state index in [4.69, 9.17) is 0 Å². The number of carbonyl (C=O) groups is 1. The van der Waals surface area contributed by atoms with E-state index in [2.05, 4.69) is 10.6 Å². The van der Waals surface area contributed by atoms with E-state index < -0.39 is 0 Å². The van der Waals surface area contributed by atoms with Crippen LogP contribution in [0.15, 0.2) is 42.5 Å². The first-order chi connectivity index (χ1) is 9.97. The van der Waals surface area contributed by atoms with Crippen molar-refractivity contribution in [2.45, 2.75) is 26.8 Å². The summed E-state index contributed by atoms with van der Waals surface area (Å²) in [6, 6.07) is 12.4. The predicted octanol–water partition coefficient (Wildman–Crippen LogP) is 4.27. The third-order valence-corrected chi connectivity index (χ3v) is 3.31. The fourth-order valence-electron chi connectivity index (χ4n) is 2.30. The van der Waals surface area contributed by atoms with E-state index in [1.54, 1.807) is 12.1 Å². The number of nitrogens with one attached hydrogen (secondary N) is 2. The van der Waals surface area contributed by atoms with Gasteiger partial charge in [-0.2, -0.15) is 0 Å². The molecular formula is C17H19FN2O. The molecule has 0 spiro atoms. The Balaban J connectivity index is 2.22. The smallest absolute Gasteiger partial charge is 0.221 e. The summed E-state index contributed by atoms with van der Waals surface area (Å²) in [6.45, 7) is 5.43. The lowest BCUT2D eigenvalue weighted by molar-refractivity contribution is -0.114. The molecule has 2 N–H and O–H groups in total. The summed E-state index contributed by atoms with van der Waals surface area (Å²) in [5, 5.41) is 5.81. The van der Waals surface area contributed by atoms with Crippen molar-refractivity contribution >= 4 is 17.3 Å². The molecule has 0 aromatic heterocycles. The van der Waals surface area contributed by atoms with E-state index in [9.17, 15) is 9.18 Å². The number of hydrogen-bond donors (Lipinski definition) is 2. The quantitative estimate of drug-likeness (QED) is 0.881. The first kappa shape index (κ1) is 15.0. The van der Waals surface area contributed by atoms with Crippen LogP contribution in [0.2, 0.25) is 0 Å². The summed E-state index contributed by atoms with van der Waals surface area (Å²) in [4.78, 5) is 11.1. The lowest BCUT2D eigenvalue weighted by Crippen LogP contribution is -2.11. The van der Waals surface area contributed by atoms with Crippen molar-refractivity contribution in [3.8, 4) is 0 Å². The van der Waals surface area contributed by atoms with Gasteiger partial charge in [-0.3, -0.25) is 4.79 Å². The highest BCUT2D eigenvalue weighted by molar-refractivity contribution is 5.89. The maximum Gasteiger partial charge on any atom is 0.221 e. The highest BCUT2D eigenvalue weighted by atomic mass is 19.1. The summed E-state index contributed by atoms with van der Waals surface area (Å²) in [7, 11) is 0. The number of amides is 1. The Morgan fingerprint density at radius 3 is 2.57 bits per heavy atom. The normalized spacial score (nSPS) is 11.8. The number of benzene rings is 2. The fraction of sp³-hybridized carbons (Fsp3) is 0.235. The van der Waals surface area contributed by atoms with Crippen LogP contribution in [0.5, 0.6) is 0 Å². The molecule has 0 saturated carbocycles. The number of carbonyl (C=O) groups excluding carboxylic acids is 1. The molecule has 0 fully saturated rings. The SMILES string of the molecule is CC(=O)Nc1ccc(F)c(NC(C)c2ccccc2C)c1. The van der Waals surface area contributed by atoms with Gasteiger partial charge in [0.1, 0.15) is 5.82 Å². The molecule has 2 aromatic rings. The molecule has 0 aliphatic carbocycles. The van der Waals surface area contributed by atoms with Gasteiger partial charge in [0.2, 0.25) is 5.91 Å². The minimum atomic E-state index is -0.343. The van der Waals surface area contributed by atoms with Gasteiger partial charge < -0.3 is 10.6 Å². The van der Waals surface area contributed by atoms with Crippen molar-refractivity contribution in [2.75, 3.05) is 10.6 Å². The second-order valence-corrected chi connectivity index (χ2v) is 5.10. The largest absolute Gasteiger partial charge is 0.376 e. The van der Waals surface area contributed by atoms with E-state index in [1.807, 2.05) is 38.1 Å². The zero-order valence-corrected chi connectivity index (χ0v) is 12.4. The average Bonchev–Trinajstić information content (AvgIpc) is 2.42. The molecule has 2 aromatic carbocycles. The van der Waals surface area contributed by atoms with Gasteiger partial charge in [-0.1, -0.05) is 24.3 Å². The predicted molar refractivity (Wildman–Crippen MR) is 83.9 cm³/mol. The standard InChI is InChI=1S/C17H19FN2O/c1-11-6-4-5-7-15(11)12(2)19-17-10-14(20-13(3)21)8-9-16(17)18/h4-10,12,19H,1-3H3,(H,20,21). The van der Waals surface area contributed by atoms with E-state index >= 15 is 0 Å². The molecule has 0 aliphatic rings. The molecule has 2 rings (SSSR count). The molecule has 110 valence electrons. The highest BCUT2D eigenvalue weighted by Crippen LogP contribution is 2.26. The minimum absolute atomic E-state index is 0.0340. The van der Waals surface area contributed by atoms with Crippen molar-refractivity contribution in [2.24, 2.45) is 0 Å². The van der Waals surface area contributed by atoms with E-state index in [0.717, 1.165) is 11.1 Å². The molecule has 1 amide bonds. The van der Waals surface area contributed by atoms with Crippen molar-refractivity contribution in [1.82, 2.24) is 0 Å². The van der Waals surface area contributed by atoms with Crippen molar-refractivity contribution in [1.29, 1.82) is 0 Å². The van der Waals surface area contributed by atoms with Gasteiger partial charge in [-0.25, -0.2) is 4.39 Å². The van der Waals surface area contributed by atoms with Crippen LogP contribution in [0, 0.1) is 12.7 Å². The Bertz CT molecular complexity index is 655. The molecule has 3 nitrogen and oxygen atoms in total. The van der Waals surface area contributed by atoms with Crippen molar-refractivity contribution < 1.29 is 9.18 Å². The van der Waals surface area contributed by atoms with Crippen LogP contribution < -0.4 is 10.6 Å². The lowest BCUT2D eigenvalue weighted by atomic mass is 10.0. The third-order valence-electron chi connectivity index (χ3n) is 3.31. The molecule has 0 radical (unpaired) electrons. The van der Waals surface area contributed by atoms with Crippen LogP contribution in [0.4, 0.5) is 15.8 Å². The third kappa shape index (κ3) is 3.81. The lowest BCUT2D eigenvalue weighted by Gasteiger charge is -2.19. The molecule has 1 unspecified atom stereocenters. The fourth-order valence-corrected chi connectivity index (χ4v) is 2.30. The van der Waals surface area contributed by atoms with Gasteiger partial charge in [-0.15, -0.1) is 0 Å². The summed E-state index contributed by atoms with van der Waals surface area (Å²) in [5.41, 5.74) is 3.21. The summed E-state index contributed by atoms with van der Waals surface area (Å²) in [6.07, 6.45) is 0. The first-order valence-electron chi connectivity index (χ1n) is 6.86. The van der Waals surface area contributed by atoms with Crippen LogP contribution >= 0.6 is 0 Å². The number of anilines is 2. The monoisotopic (exact) mass is 286 g/mol. The van der Waals surface area contributed by atoms with Gasteiger partial charge in [0.25, 0.3) is 0 Å². The molecule has 21 heavy (non-hydrogen) atoms. The van der Waals surface area contributed by atoms with Gasteiger partial charge in [-0.05, 0) is 43.2 Å². The number of aryl methyl sites for hydroxylation is 1. The Morgan fingerprint density at radius 1 is 1.19 bits per heavy atom. The molecule has 0 saturated heterocycles. The molecule has 0 heterocycles. The summed E-state index contributed by atoms with van der Waals surface area (Å²) in [5.74, 6) is -0.524. The van der Waals surface area contributed by atoms with E-state index in [0.29, 0.717) is 11.4 Å². The Labute approximate surface area is 124 Å². The van der Waals surface area contributed by atoms with E-state index in [-0.39, 0.29) is 17.8 Å². The van der Waals surface area contributed by atoms with Crippen LogP contribution in [0.3, 0.4) is 0 Å². The molecule has 4 heteroatoms. The second kappa shape index (κ2) is 6.39. The molecular weight excluding hydrogens is 267 g/mol.